The van der Waals surface area contributed by atoms with Crippen molar-refractivity contribution >= 4 is 16.7 Å². The molecule has 2 aliphatic rings. The second-order valence-corrected chi connectivity index (χ2v) is 14.8. The zero-order valence-corrected chi connectivity index (χ0v) is 28.7. The molecular weight excluding hydrogens is 564 g/mol. The van der Waals surface area contributed by atoms with Gasteiger partial charge < -0.3 is 9.84 Å². The van der Waals surface area contributed by atoms with E-state index in [2.05, 4.69) is 74.2 Å². The summed E-state index contributed by atoms with van der Waals surface area (Å²) < 4.78 is 5.32. The van der Waals surface area contributed by atoms with E-state index in [4.69, 9.17) is 4.74 Å². The van der Waals surface area contributed by atoms with Gasteiger partial charge in [0.2, 0.25) is 0 Å². The van der Waals surface area contributed by atoms with E-state index >= 15 is 0 Å². The molecule has 1 atom stereocenters. The van der Waals surface area contributed by atoms with Crippen LogP contribution in [0.25, 0.3) is 10.8 Å². The number of aliphatic hydroxyl groups excluding tert-OH is 1. The van der Waals surface area contributed by atoms with Gasteiger partial charge in [-0.15, -0.1) is 0 Å². The molecule has 3 heteroatoms. The average Bonchev–Trinajstić information content (AvgIpc) is 3.09. The average molecular weight is 623 g/mol. The van der Waals surface area contributed by atoms with Gasteiger partial charge in [0.15, 0.2) is 0 Å². The minimum absolute atomic E-state index is 0.00815. The summed E-state index contributed by atoms with van der Waals surface area (Å²) in [4.78, 5) is 11.7. The fraction of sp³-hybridized carbons (Fsp3) is 0.558. The largest absolute Gasteiger partial charge is 0.462 e. The molecule has 3 aromatic rings. The second kappa shape index (κ2) is 17.3. The first-order valence-corrected chi connectivity index (χ1v) is 18.5. The zero-order chi connectivity index (χ0) is 32.3. The van der Waals surface area contributed by atoms with E-state index in [9.17, 15) is 9.90 Å². The van der Waals surface area contributed by atoms with E-state index in [0.29, 0.717) is 17.4 Å². The van der Waals surface area contributed by atoms with Crippen molar-refractivity contribution in [3.63, 3.8) is 0 Å². The number of hydrogen-bond donors (Lipinski definition) is 1. The first kappa shape index (κ1) is 34.4. The van der Waals surface area contributed by atoms with Crippen LogP contribution in [0, 0.1) is 17.8 Å². The Morgan fingerprint density at radius 3 is 2.04 bits per heavy atom. The summed E-state index contributed by atoms with van der Waals surface area (Å²) in [7, 11) is 0. The highest BCUT2D eigenvalue weighted by Crippen LogP contribution is 2.40. The van der Waals surface area contributed by atoms with Crippen molar-refractivity contribution in [2.45, 2.75) is 122 Å². The minimum Gasteiger partial charge on any atom is -0.462 e. The van der Waals surface area contributed by atoms with E-state index in [1.54, 1.807) is 12.5 Å². The molecule has 1 unspecified atom stereocenters. The van der Waals surface area contributed by atoms with Crippen LogP contribution in [0.4, 0.5) is 0 Å². The number of hydrogen-bond acceptors (Lipinski definition) is 3. The number of rotatable bonds is 15. The maximum atomic E-state index is 11.7. The van der Waals surface area contributed by atoms with Crippen LogP contribution in [-0.4, -0.2) is 24.3 Å². The lowest BCUT2D eigenvalue weighted by Gasteiger charge is -2.31. The van der Waals surface area contributed by atoms with Gasteiger partial charge in [-0.1, -0.05) is 99.8 Å². The number of aliphatic hydroxyl groups is 1. The molecule has 0 aromatic heterocycles. The molecule has 248 valence electrons. The van der Waals surface area contributed by atoms with Gasteiger partial charge in [-0.05, 0) is 134 Å². The maximum Gasteiger partial charge on any atom is 0.333 e. The molecule has 0 heterocycles. The SMILES string of the molecule is C=C(C)C(=O)OCC(CO)CC1CCC(c2ccc3cc(CCc4ccc(C5CCC(CCCCC)CC5)cc4)ccc3c2)CC1. The number of ether oxygens (including phenoxy) is 1. The summed E-state index contributed by atoms with van der Waals surface area (Å²) in [6, 6.07) is 23.7. The van der Waals surface area contributed by atoms with Crippen molar-refractivity contribution in [2.24, 2.45) is 17.8 Å². The Hall–Kier alpha value is -2.91. The smallest absolute Gasteiger partial charge is 0.333 e. The predicted octanol–water partition coefficient (Wildman–Crippen LogP) is 10.9. The van der Waals surface area contributed by atoms with Crippen molar-refractivity contribution in [3.8, 4) is 0 Å². The zero-order valence-electron chi connectivity index (χ0n) is 28.7. The fourth-order valence-corrected chi connectivity index (χ4v) is 8.15. The van der Waals surface area contributed by atoms with Crippen LogP contribution in [-0.2, 0) is 22.4 Å². The monoisotopic (exact) mass is 622 g/mol. The van der Waals surface area contributed by atoms with Crippen molar-refractivity contribution in [1.82, 2.24) is 0 Å². The Kier molecular flexibility index (Phi) is 12.9. The summed E-state index contributed by atoms with van der Waals surface area (Å²) in [6.07, 6.45) is 18.9. The Morgan fingerprint density at radius 2 is 1.37 bits per heavy atom. The molecular formula is C43H58O3. The number of fused-ring (bicyclic) bond motifs is 1. The van der Waals surface area contributed by atoms with Crippen molar-refractivity contribution < 1.29 is 14.6 Å². The Balaban J connectivity index is 1.07. The van der Waals surface area contributed by atoms with E-state index in [0.717, 1.165) is 43.9 Å². The summed E-state index contributed by atoms with van der Waals surface area (Å²) in [5, 5.41) is 12.5. The van der Waals surface area contributed by atoms with Gasteiger partial charge in [-0.25, -0.2) is 4.79 Å². The molecule has 0 amide bonds. The molecule has 3 nitrogen and oxygen atoms in total. The van der Waals surface area contributed by atoms with Gasteiger partial charge >= 0.3 is 5.97 Å². The van der Waals surface area contributed by atoms with Gasteiger partial charge in [0.05, 0.1) is 6.61 Å². The van der Waals surface area contributed by atoms with Gasteiger partial charge in [0, 0.05) is 18.1 Å². The summed E-state index contributed by atoms with van der Waals surface area (Å²) >= 11 is 0. The molecule has 0 bridgehead atoms. The van der Waals surface area contributed by atoms with Crippen LogP contribution in [0.5, 0.6) is 0 Å². The highest BCUT2D eigenvalue weighted by atomic mass is 16.5. The maximum absolute atomic E-state index is 11.7. The van der Waals surface area contributed by atoms with Crippen molar-refractivity contribution in [2.75, 3.05) is 13.2 Å². The number of carbonyl (C=O) groups excluding carboxylic acids is 1. The van der Waals surface area contributed by atoms with E-state index in [1.165, 1.54) is 91.7 Å². The van der Waals surface area contributed by atoms with Crippen LogP contribution >= 0.6 is 0 Å². The molecule has 46 heavy (non-hydrogen) atoms. The summed E-state index contributed by atoms with van der Waals surface area (Å²) in [6.45, 7) is 7.94. The molecule has 5 rings (SSSR count). The minimum atomic E-state index is -0.365. The van der Waals surface area contributed by atoms with Gasteiger partial charge in [-0.2, -0.15) is 0 Å². The summed E-state index contributed by atoms with van der Waals surface area (Å²) in [5.74, 6) is 2.56. The van der Waals surface area contributed by atoms with Gasteiger partial charge in [0.25, 0.3) is 0 Å². The van der Waals surface area contributed by atoms with Crippen molar-refractivity contribution in [3.05, 3.63) is 95.1 Å². The normalized spacial score (nSPS) is 22.4. The van der Waals surface area contributed by atoms with Gasteiger partial charge in [0.1, 0.15) is 0 Å². The molecule has 0 aliphatic heterocycles. The topological polar surface area (TPSA) is 46.5 Å². The number of esters is 1. The lowest BCUT2D eigenvalue weighted by Crippen LogP contribution is -2.23. The number of benzene rings is 3. The third-order valence-electron chi connectivity index (χ3n) is 11.2. The van der Waals surface area contributed by atoms with Crippen LogP contribution in [0.1, 0.15) is 131 Å². The highest BCUT2D eigenvalue weighted by molar-refractivity contribution is 5.87. The van der Waals surface area contributed by atoms with Crippen LogP contribution in [0.3, 0.4) is 0 Å². The van der Waals surface area contributed by atoms with E-state index in [1.807, 2.05) is 0 Å². The third-order valence-corrected chi connectivity index (χ3v) is 11.2. The first-order valence-electron chi connectivity index (χ1n) is 18.5. The standard InChI is InChI=1S/C43H58O3/c1-4-5-6-7-32-10-17-37(18-11-32)38-19-12-33(13-20-38)8-9-35-16-23-42-28-41(25-24-40(42)27-35)39-21-14-34(15-22-39)26-36(29-44)30-46-43(45)31(2)3/h12-13,16,19-20,23-25,27-28,32,34,36-37,39,44H,2,4-11,14-15,17-18,21-22,26,29-30H2,1,3H3. The Bertz CT molecular complexity index is 1390. The lowest BCUT2D eigenvalue weighted by molar-refractivity contribution is -0.140. The molecule has 0 radical (unpaired) electrons. The van der Waals surface area contributed by atoms with E-state index < -0.39 is 0 Å². The number of aryl methyl sites for hydroxylation is 2. The highest BCUT2D eigenvalue weighted by Gasteiger charge is 2.26. The molecule has 0 saturated heterocycles. The molecule has 2 fully saturated rings. The predicted molar refractivity (Wildman–Crippen MR) is 192 cm³/mol. The first-order chi connectivity index (χ1) is 22.4. The van der Waals surface area contributed by atoms with Crippen LogP contribution in [0.2, 0.25) is 0 Å². The number of unbranched alkanes of at least 4 members (excludes halogenated alkanes) is 2. The van der Waals surface area contributed by atoms with Crippen LogP contribution < -0.4 is 0 Å². The molecule has 1 N–H and O–H groups in total. The third kappa shape index (κ3) is 9.80. The fourth-order valence-electron chi connectivity index (χ4n) is 8.15. The second-order valence-electron chi connectivity index (χ2n) is 14.8. The van der Waals surface area contributed by atoms with E-state index in [-0.39, 0.29) is 25.1 Å². The Morgan fingerprint density at radius 1 is 0.783 bits per heavy atom. The molecule has 0 spiro atoms. The summed E-state index contributed by atoms with van der Waals surface area (Å²) in [5.41, 5.74) is 6.28. The Labute approximate surface area is 278 Å². The quantitative estimate of drug-likeness (QED) is 0.104. The van der Waals surface area contributed by atoms with Crippen LogP contribution in [0.15, 0.2) is 72.8 Å². The molecule has 2 saturated carbocycles. The van der Waals surface area contributed by atoms with Gasteiger partial charge in [-0.3, -0.25) is 0 Å². The molecule has 2 aliphatic carbocycles. The molecule has 3 aromatic carbocycles. The lowest BCUT2D eigenvalue weighted by atomic mass is 9.75. The van der Waals surface area contributed by atoms with Crippen molar-refractivity contribution in [1.29, 1.82) is 0 Å². The number of carbonyl (C=O) groups is 1.